The van der Waals surface area contributed by atoms with E-state index in [1.807, 2.05) is 18.2 Å². The standard InChI is InChI=1S/C19H21N3O4S/c1-27(25,26)21-17-8-3-6-15(12-17)19(24)20-16-7-2-5-14(11-16)13-22-10-4-9-18(22)23/h2-3,5-8,11-12,21H,4,9-10,13H2,1H3,(H,20,24). The molecule has 0 atom stereocenters. The largest absolute Gasteiger partial charge is 0.338 e. The Morgan fingerprint density at radius 2 is 1.85 bits per heavy atom. The maximum absolute atomic E-state index is 12.5. The van der Waals surface area contributed by atoms with Crippen LogP contribution in [0.2, 0.25) is 0 Å². The number of sulfonamides is 1. The second kappa shape index (κ2) is 7.79. The predicted octanol–water partition coefficient (Wildman–Crippen LogP) is 2.43. The lowest BCUT2D eigenvalue weighted by molar-refractivity contribution is -0.128. The summed E-state index contributed by atoms with van der Waals surface area (Å²) in [4.78, 5) is 26.1. The monoisotopic (exact) mass is 387 g/mol. The molecule has 2 amide bonds. The fourth-order valence-electron chi connectivity index (χ4n) is 2.98. The summed E-state index contributed by atoms with van der Waals surface area (Å²) in [7, 11) is -3.41. The average molecular weight is 387 g/mol. The van der Waals surface area contributed by atoms with Crippen molar-refractivity contribution in [1.82, 2.24) is 4.90 Å². The summed E-state index contributed by atoms with van der Waals surface area (Å²) in [5, 5.41) is 2.81. The van der Waals surface area contributed by atoms with E-state index in [1.165, 1.54) is 6.07 Å². The van der Waals surface area contributed by atoms with Crippen molar-refractivity contribution in [2.75, 3.05) is 22.8 Å². The van der Waals surface area contributed by atoms with Gasteiger partial charge in [0.2, 0.25) is 15.9 Å². The summed E-state index contributed by atoms with van der Waals surface area (Å²) in [5.41, 5.74) is 2.22. The first-order valence-electron chi connectivity index (χ1n) is 8.56. The van der Waals surface area contributed by atoms with Crippen LogP contribution in [0.3, 0.4) is 0 Å². The van der Waals surface area contributed by atoms with Gasteiger partial charge in [-0.15, -0.1) is 0 Å². The highest BCUT2D eigenvalue weighted by Gasteiger charge is 2.20. The molecule has 2 N–H and O–H groups in total. The first kappa shape index (κ1) is 18.9. The van der Waals surface area contributed by atoms with E-state index >= 15 is 0 Å². The first-order valence-corrected chi connectivity index (χ1v) is 10.5. The summed E-state index contributed by atoms with van der Waals surface area (Å²) < 4.78 is 25.0. The Morgan fingerprint density at radius 1 is 1.11 bits per heavy atom. The van der Waals surface area contributed by atoms with Crippen LogP contribution in [-0.2, 0) is 21.4 Å². The van der Waals surface area contributed by atoms with E-state index in [2.05, 4.69) is 10.0 Å². The van der Waals surface area contributed by atoms with Crippen molar-refractivity contribution < 1.29 is 18.0 Å². The molecule has 27 heavy (non-hydrogen) atoms. The smallest absolute Gasteiger partial charge is 0.255 e. The number of rotatable bonds is 6. The summed E-state index contributed by atoms with van der Waals surface area (Å²) >= 11 is 0. The number of benzene rings is 2. The van der Waals surface area contributed by atoms with Gasteiger partial charge in [-0.1, -0.05) is 18.2 Å². The molecule has 1 aliphatic heterocycles. The molecule has 0 spiro atoms. The highest BCUT2D eigenvalue weighted by molar-refractivity contribution is 7.92. The zero-order chi connectivity index (χ0) is 19.4. The van der Waals surface area contributed by atoms with Crippen LogP contribution in [0.15, 0.2) is 48.5 Å². The lowest BCUT2D eigenvalue weighted by atomic mass is 10.1. The van der Waals surface area contributed by atoms with E-state index in [0.29, 0.717) is 29.9 Å². The molecule has 0 unspecified atom stereocenters. The molecule has 2 aromatic carbocycles. The molecule has 1 heterocycles. The Labute approximate surface area is 158 Å². The number of carbonyl (C=O) groups excluding carboxylic acids is 2. The van der Waals surface area contributed by atoms with E-state index in [9.17, 15) is 18.0 Å². The van der Waals surface area contributed by atoms with Crippen LogP contribution in [0.25, 0.3) is 0 Å². The van der Waals surface area contributed by atoms with Gasteiger partial charge < -0.3 is 10.2 Å². The molecule has 1 saturated heterocycles. The molecule has 0 saturated carbocycles. The number of nitrogens with one attached hydrogen (secondary N) is 2. The Kier molecular flexibility index (Phi) is 5.46. The van der Waals surface area contributed by atoms with Crippen molar-refractivity contribution in [2.45, 2.75) is 19.4 Å². The van der Waals surface area contributed by atoms with Crippen LogP contribution < -0.4 is 10.0 Å². The summed E-state index contributed by atoms with van der Waals surface area (Å²) in [5.74, 6) is -0.193. The fourth-order valence-corrected chi connectivity index (χ4v) is 3.54. The number of hydrogen-bond donors (Lipinski definition) is 2. The minimum absolute atomic E-state index is 0.152. The van der Waals surface area contributed by atoms with Gasteiger partial charge in [-0.25, -0.2) is 8.42 Å². The molecule has 2 aromatic rings. The van der Waals surface area contributed by atoms with Gasteiger partial charge in [-0.2, -0.15) is 0 Å². The van der Waals surface area contributed by atoms with Gasteiger partial charge in [0.15, 0.2) is 0 Å². The van der Waals surface area contributed by atoms with Crippen molar-refractivity contribution in [1.29, 1.82) is 0 Å². The molecule has 142 valence electrons. The van der Waals surface area contributed by atoms with Crippen LogP contribution in [-0.4, -0.2) is 37.9 Å². The summed E-state index contributed by atoms with van der Waals surface area (Å²) in [6, 6.07) is 13.6. The molecule has 0 aromatic heterocycles. The molecule has 1 fully saturated rings. The highest BCUT2D eigenvalue weighted by Crippen LogP contribution is 2.18. The maximum Gasteiger partial charge on any atom is 0.255 e. The molecule has 1 aliphatic rings. The average Bonchev–Trinajstić information content (AvgIpc) is 2.99. The van der Waals surface area contributed by atoms with E-state index < -0.39 is 10.0 Å². The lowest BCUT2D eigenvalue weighted by Gasteiger charge is -2.16. The zero-order valence-electron chi connectivity index (χ0n) is 14.9. The Hall–Kier alpha value is -2.87. The van der Waals surface area contributed by atoms with Crippen LogP contribution in [0.5, 0.6) is 0 Å². The third-order valence-corrected chi connectivity index (χ3v) is 4.76. The van der Waals surface area contributed by atoms with E-state index in [1.54, 1.807) is 29.2 Å². The second-order valence-electron chi connectivity index (χ2n) is 6.53. The third kappa shape index (κ3) is 5.30. The molecular weight excluding hydrogens is 366 g/mol. The van der Waals surface area contributed by atoms with Crippen molar-refractivity contribution in [2.24, 2.45) is 0 Å². The van der Waals surface area contributed by atoms with Gasteiger partial charge in [0.25, 0.3) is 5.91 Å². The number of hydrogen-bond acceptors (Lipinski definition) is 4. The third-order valence-electron chi connectivity index (χ3n) is 4.16. The first-order chi connectivity index (χ1) is 12.8. The molecule has 3 rings (SSSR count). The van der Waals surface area contributed by atoms with Crippen molar-refractivity contribution in [3.8, 4) is 0 Å². The Balaban J connectivity index is 1.70. The quantitative estimate of drug-likeness (QED) is 0.796. The summed E-state index contributed by atoms with van der Waals surface area (Å²) in [6.07, 6.45) is 2.53. The van der Waals surface area contributed by atoms with Crippen LogP contribution >= 0.6 is 0 Å². The molecule has 0 aliphatic carbocycles. The van der Waals surface area contributed by atoms with Gasteiger partial charge in [0, 0.05) is 36.4 Å². The van der Waals surface area contributed by atoms with Gasteiger partial charge in [0.05, 0.1) is 6.26 Å². The van der Waals surface area contributed by atoms with Gasteiger partial charge in [0.1, 0.15) is 0 Å². The number of likely N-dealkylation sites (tertiary alicyclic amines) is 1. The number of amides is 2. The molecule has 0 bridgehead atoms. The lowest BCUT2D eigenvalue weighted by Crippen LogP contribution is -2.23. The van der Waals surface area contributed by atoms with Crippen LogP contribution in [0, 0.1) is 0 Å². The molecule has 8 heteroatoms. The van der Waals surface area contributed by atoms with Crippen molar-refractivity contribution in [3.63, 3.8) is 0 Å². The predicted molar refractivity (Wildman–Crippen MR) is 104 cm³/mol. The van der Waals surface area contributed by atoms with Crippen molar-refractivity contribution in [3.05, 3.63) is 59.7 Å². The molecular formula is C19H21N3O4S. The minimum atomic E-state index is -3.41. The SMILES string of the molecule is CS(=O)(=O)Nc1cccc(C(=O)Nc2cccc(CN3CCCC3=O)c2)c1. The number of carbonyl (C=O) groups is 2. The maximum atomic E-state index is 12.5. The molecule has 7 nitrogen and oxygen atoms in total. The highest BCUT2D eigenvalue weighted by atomic mass is 32.2. The second-order valence-corrected chi connectivity index (χ2v) is 8.28. The van der Waals surface area contributed by atoms with E-state index in [-0.39, 0.29) is 11.8 Å². The zero-order valence-corrected chi connectivity index (χ0v) is 15.8. The molecule has 0 radical (unpaired) electrons. The topological polar surface area (TPSA) is 95.6 Å². The summed E-state index contributed by atoms with van der Waals surface area (Å²) in [6.45, 7) is 1.28. The number of nitrogens with zero attached hydrogens (tertiary/aromatic N) is 1. The number of anilines is 2. The van der Waals surface area contributed by atoms with E-state index in [0.717, 1.165) is 24.8 Å². The minimum Gasteiger partial charge on any atom is -0.338 e. The van der Waals surface area contributed by atoms with E-state index in [4.69, 9.17) is 0 Å². The van der Waals surface area contributed by atoms with Crippen LogP contribution in [0.4, 0.5) is 11.4 Å². The van der Waals surface area contributed by atoms with Gasteiger partial charge in [-0.3, -0.25) is 14.3 Å². The van der Waals surface area contributed by atoms with Gasteiger partial charge >= 0.3 is 0 Å². The fraction of sp³-hybridized carbons (Fsp3) is 0.263. The normalized spacial score (nSPS) is 14.3. The Morgan fingerprint density at radius 3 is 2.56 bits per heavy atom. The Bertz CT molecular complexity index is 972. The van der Waals surface area contributed by atoms with Gasteiger partial charge in [-0.05, 0) is 42.3 Å². The van der Waals surface area contributed by atoms with Crippen LogP contribution in [0.1, 0.15) is 28.8 Å². The van der Waals surface area contributed by atoms with Crippen molar-refractivity contribution >= 4 is 33.2 Å².